The van der Waals surface area contributed by atoms with Crippen LogP contribution < -0.4 is 15.4 Å². The standard InChI is InChI=1S/C26H27N3O4S/c1-2-17-27-34(32,33)19-20-13-15-23(16-14-20)28-25(30)18-24(21-9-5-3-6-10-21)29-26(31)22-11-7-4-8-12-22/h2-16,24,27H,1,17-19H2,(H,28,30)(H,29,31). The third-order valence-electron chi connectivity index (χ3n) is 4.97. The molecule has 0 saturated heterocycles. The first-order valence-corrected chi connectivity index (χ1v) is 12.4. The highest BCUT2D eigenvalue weighted by molar-refractivity contribution is 7.88. The third-order valence-corrected chi connectivity index (χ3v) is 6.29. The second kappa shape index (κ2) is 11.9. The fraction of sp³-hybridized carbons (Fsp3) is 0.154. The number of anilines is 1. The van der Waals surface area contributed by atoms with Gasteiger partial charge in [-0.3, -0.25) is 9.59 Å². The average molecular weight is 478 g/mol. The van der Waals surface area contributed by atoms with E-state index in [4.69, 9.17) is 0 Å². The molecule has 34 heavy (non-hydrogen) atoms. The lowest BCUT2D eigenvalue weighted by Gasteiger charge is -2.19. The Hall–Kier alpha value is -3.75. The summed E-state index contributed by atoms with van der Waals surface area (Å²) >= 11 is 0. The molecule has 3 aromatic carbocycles. The Morgan fingerprint density at radius 2 is 1.50 bits per heavy atom. The zero-order valence-corrected chi connectivity index (χ0v) is 19.4. The van der Waals surface area contributed by atoms with Gasteiger partial charge >= 0.3 is 0 Å². The van der Waals surface area contributed by atoms with Gasteiger partial charge in [0.15, 0.2) is 0 Å². The van der Waals surface area contributed by atoms with Crippen molar-refractivity contribution in [2.24, 2.45) is 0 Å². The summed E-state index contributed by atoms with van der Waals surface area (Å²) in [4.78, 5) is 25.5. The maximum Gasteiger partial charge on any atom is 0.251 e. The summed E-state index contributed by atoms with van der Waals surface area (Å²) in [5.74, 6) is -0.718. The highest BCUT2D eigenvalue weighted by Gasteiger charge is 2.19. The minimum absolute atomic E-state index is 0.0319. The molecular weight excluding hydrogens is 450 g/mol. The van der Waals surface area contributed by atoms with Gasteiger partial charge in [0.2, 0.25) is 15.9 Å². The molecule has 0 heterocycles. The first-order chi connectivity index (χ1) is 16.4. The summed E-state index contributed by atoms with van der Waals surface area (Å²) in [5.41, 5.74) is 2.45. The second-order valence-electron chi connectivity index (χ2n) is 7.65. The highest BCUT2D eigenvalue weighted by atomic mass is 32.2. The van der Waals surface area contributed by atoms with Crippen LogP contribution >= 0.6 is 0 Å². The number of nitrogens with one attached hydrogen (secondary N) is 3. The molecule has 0 radical (unpaired) electrons. The number of rotatable bonds is 11. The van der Waals surface area contributed by atoms with Gasteiger partial charge in [0.1, 0.15) is 0 Å². The van der Waals surface area contributed by atoms with Crippen LogP contribution in [0.3, 0.4) is 0 Å². The summed E-state index contributed by atoms with van der Waals surface area (Å²) < 4.78 is 26.4. The summed E-state index contributed by atoms with van der Waals surface area (Å²) in [5, 5.41) is 5.75. The Balaban J connectivity index is 1.65. The smallest absolute Gasteiger partial charge is 0.251 e. The topological polar surface area (TPSA) is 104 Å². The molecule has 1 atom stereocenters. The van der Waals surface area contributed by atoms with E-state index >= 15 is 0 Å². The zero-order valence-electron chi connectivity index (χ0n) is 18.6. The van der Waals surface area contributed by atoms with Crippen molar-refractivity contribution in [3.8, 4) is 0 Å². The van der Waals surface area contributed by atoms with E-state index in [0.717, 1.165) is 5.56 Å². The molecule has 0 aliphatic rings. The summed E-state index contributed by atoms with van der Waals surface area (Å²) in [7, 11) is -3.46. The summed E-state index contributed by atoms with van der Waals surface area (Å²) in [6.45, 7) is 3.66. The van der Waals surface area contributed by atoms with Gasteiger partial charge in [-0.15, -0.1) is 6.58 Å². The van der Waals surface area contributed by atoms with Crippen LogP contribution in [0.15, 0.2) is 97.6 Å². The molecule has 3 aromatic rings. The molecule has 0 aliphatic heterocycles. The van der Waals surface area contributed by atoms with Gasteiger partial charge in [0.05, 0.1) is 18.2 Å². The van der Waals surface area contributed by atoms with E-state index in [9.17, 15) is 18.0 Å². The molecule has 0 aliphatic carbocycles. The first-order valence-electron chi connectivity index (χ1n) is 10.7. The van der Waals surface area contributed by atoms with Gasteiger partial charge in [-0.2, -0.15) is 0 Å². The van der Waals surface area contributed by atoms with Crippen molar-refractivity contribution in [2.45, 2.75) is 18.2 Å². The molecule has 3 rings (SSSR count). The van der Waals surface area contributed by atoms with Crippen molar-refractivity contribution in [2.75, 3.05) is 11.9 Å². The molecule has 8 heteroatoms. The molecule has 7 nitrogen and oxygen atoms in total. The van der Waals surface area contributed by atoms with E-state index in [-0.39, 0.29) is 30.5 Å². The van der Waals surface area contributed by atoms with Gasteiger partial charge in [0, 0.05) is 17.8 Å². The summed E-state index contributed by atoms with van der Waals surface area (Å²) in [6.07, 6.45) is 1.51. The number of hydrogen-bond donors (Lipinski definition) is 3. The second-order valence-corrected chi connectivity index (χ2v) is 9.46. The van der Waals surface area contributed by atoms with Crippen molar-refractivity contribution in [3.05, 3.63) is 114 Å². The number of sulfonamides is 1. The molecule has 0 bridgehead atoms. The Kier molecular flexibility index (Phi) is 8.73. The molecule has 1 unspecified atom stereocenters. The Morgan fingerprint density at radius 1 is 0.882 bits per heavy atom. The van der Waals surface area contributed by atoms with E-state index in [2.05, 4.69) is 21.9 Å². The SMILES string of the molecule is C=CCNS(=O)(=O)Cc1ccc(NC(=O)CC(NC(=O)c2ccccc2)c2ccccc2)cc1. The molecular formula is C26H27N3O4S. The normalized spacial score (nSPS) is 11.9. The van der Waals surface area contributed by atoms with Crippen LogP contribution in [0.5, 0.6) is 0 Å². The van der Waals surface area contributed by atoms with Crippen LogP contribution in [0.25, 0.3) is 0 Å². The molecule has 0 spiro atoms. The fourth-order valence-corrected chi connectivity index (χ4v) is 4.41. The first kappa shape index (κ1) is 24.9. The lowest BCUT2D eigenvalue weighted by Crippen LogP contribution is -2.31. The number of carbonyl (C=O) groups is 2. The molecule has 2 amide bonds. The van der Waals surface area contributed by atoms with Crippen LogP contribution in [0.1, 0.15) is 33.9 Å². The van der Waals surface area contributed by atoms with Crippen LogP contribution in [0.4, 0.5) is 5.69 Å². The zero-order chi connectivity index (χ0) is 24.4. The minimum atomic E-state index is -3.46. The maximum atomic E-state index is 12.8. The van der Waals surface area contributed by atoms with E-state index in [1.54, 1.807) is 48.5 Å². The van der Waals surface area contributed by atoms with Crippen LogP contribution in [-0.2, 0) is 20.6 Å². The highest BCUT2D eigenvalue weighted by Crippen LogP contribution is 2.19. The number of carbonyl (C=O) groups excluding carboxylic acids is 2. The number of amides is 2. The molecule has 176 valence electrons. The van der Waals surface area contributed by atoms with Gasteiger partial charge < -0.3 is 10.6 Å². The van der Waals surface area contributed by atoms with Crippen molar-refractivity contribution in [1.29, 1.82) is 0 Å². The Bertz CT molecular complexity index is 1210. The number of benzene rings is 3. The quantitative estimate of drug-likeness (QED) is 0.366. The molecule has 0 saturated carbocycles. The predicted molar refractivity (Wildman–Crippen MR) is 134 cm³/mol. The third kappa shape index (κ3) is 7.68. The predicted octanol–water partition coefficient (Wildman–Crippen LogP) is 3.79. The van der Waals surface area contributed by atoms with Crippen LogP contribution in [0.2, 0.25) is 0 Å². The fourth-order valence-electron chi connectivity index (χ4n) is 3.31. The monoisotopic (exact) mass is 477 g/mol. The van der Waals surface area contributed by atoms with Gasteiger partial charge in [-0.25, -0.2) is 13.1 Å². The maximum absolute atomic E-state index is 12.8. The van der Waals surface area contributed by atoms with Gasteiger partial charge in [0.25, 0.3) is 5.91 Å². The van der Waals surface area contributed by atoms with Crippen molar-refractivity contribution in [3.63, 3.8) is 0 Å². The van der Waals surface area contributed by atoms with E-state index in [1.807, 2.05) is 36.4 Å². The summed E-state index contributed by atoms with van der Waals surface area (Å²) in [6, 6.07) is 24.2. The minimum Gasteiger partial charge on any atom is -0.345 e. The Morgan fingerprint density at radius 3 is 2.12 bits per heavy atom. The average Bonchev–Trinajstić information content (AvgIpc) is 2.84. The lowest BCUT2D eigenvalue weighted by atomic mass is 10.0. The molecule has 0 fully saturated rings. The van der Waals surface area contributed by atoms with Crippen LogP contribution in [0, 0.1) is 0 Å². The van der Waals surface area contributed by atoms with Gasteiger partial charge in [-0.1, -0.05) is 66.7 Å². The van der Waals surface area contributed by atoms with E-state index < -0.39 is 16.1 Å². The van der Waals surface area contributed by atoms with Crippen molar-refractivity contribution in [1.82, 2.24) is 10.0 Å². The molecule has 0 aromatic heterocycles. The van der Waals surface area contributed by atoms with Gasteiger partial charge in [-0.05, 0) is 35.4 Å². The number of hydrogen-bond acceptors (Lipinski definition) is 4. The van der Waals surface area contributed by atoms with E-state index in [1.165, 1.54) is 6.08 Å². The largest absolute Gasteiger partial charge is 0.345 e. The van der Waals surface area contributed by atoms with Crippen molar-refractivity contribution < 1.29 is 18.0 Å². The van der Waals surface area contributed by atoms with Crippen LogP contribution in [-0.4, -0.2) is 26.8 Å². The van der Waals surface area contributed by atoms with E-state index in [0.29, 0.717) is 16.8 Å². The molecule has 3 N–H and O–H groups in total. The lowest BCUT2D eigenvalue weighted by molar-refractivity contribution is -0.116. The van der Waals surface area contributed by atoms with Crippen molar-refractivity contribution >= 4 is 27.5 Å². The Labute approximate surface area is 200 Å².